The van der Waals surface area contributed by atoms with Gasteiger partial charge in [0.2, 0.25) is 21.8 Å². The van der Waals surface area contributed by atoms with Crippen molar-refractivity contribution in [3.05, 3.63) is 95.6 Å². The van der Waals surface area contributed by atoms with Crippen molar-refractivity contribution in [1.29, 1.82) is 0 Å². The maximum atomic E-state index is 14.2. The maximum Gasteiger partial charge on any atom is 0.243 e. The summed E-state index contributed by atoms with van der Waals surface area (Å²) < 4.78 is 32.8. The van der Waals surface area contributed by atoms with E-state index in [4.69, 9.17) is 4.74 Å². The third kappa shape index (κ3) is 9.82. The zero-order valence-corrected chi connectivity index (χ0v) is 27.6. The Hall–Kier alpha value is -3.85. The van der Waals surface area contributed by atoms with E-state index >= 15 is 0 Å². The number of anilines is 1. The van der Waals surface area contributed by atoms with Gasteiger partial charge in [-0.25, -0.2) is 8.42 Å². The average molecular weight is 634 g/mol. The predicted molar refractivity (Wildman–Crippen MR) is 180 cm³/mol. The van der Waals surface area contributed by atoms with Gasteiger partial charge < -0.3 is 15.0 Å². The normalized spacial score (nSPS) is 14.4. The van der Waals surface area contributed by atoms with E-state index in [2.05, 4.69) is 5.32 Å². The number of nitrogens with zero attached hydrogens (tertiary/aromatic N) is 2. The van der Waals surface area contributed by atoms with Gasteiger partial charge in [-0.05, 0) is 61.9 Å². The molecule has 9 heteroatoms. The summed E-state index contributed by atoms with van der Waals surface area (Å²) in [5.41, 5.74) is 3.43. The van der Waals surface area contributed by atoms with E-state index in [9.17, 15) is 18.0 Å². The molecule has 0 radical (unpaired) electrons. The largest absolute Gasteiger partial charge is 0.492 e. The van der Waals surface area contributed by atoms with Gasteiger partial charge >= 0.3 is 0 Å². The zero-order valence-electron chi connectivity index (χ0n) is 26.8. The minimum Gasteiger partial charge on any atom is -0.492 e. The number of rotatable bonds is 15. The number of nitrogens with one attached hydrogen (secondary N) is 1. The van der Waals surface area contributed by atoms with E-state index in [1.54, 1.807) is 29.2 Å². The molecule has 0 spiro atoms. The zero-order chi connectivity index (χ0) is 32.2. The van der Waals surface area contributed by atoms with Crippen molar-refractivity contribution >= 4 is 27.5 Å². The molecule has 0 aliphatic heterocycles. The predicted octanol–water partition coefficient (Wildman–Crippen LogP) is 6.03. The minimum absolute atomic E-state index is 0.0801. The van der Waals surface area contributed by atoms with Gasteiger partial charge in [0, 0.05) is 32.0 Å². The number of carbonyl (C=O) groups is 2. The molecule has 0 heterocycles. The fourth-order valence-corrected chi connectivity index (χ4v) is 6.96. The van der Waals surface area contributed by atoms with Crippen LogP contribution < -0.4 is 14.4 Å². The van der Waals surface area contributed by atoms with Crippen LogP contribution in [0.15, 0.2) is 78.9 Å². The maximum absolute atomic E-state index is 14.2. The minimum atomic E-state index is -3.65. The van der Waals surface area contributed by atoms with Gasteiger partial charge in [-0.2, -0.15) is 0 Å². The van der Waals surface area contributed by atoms with Gasteiger partial charge in [0.05, 0.1) is 18.6 Å². The van der Waals surface area contributed by atoms with Crippen LogP contribution in [0.5, 0.6) is 5.75 Å². The SMILES string of the molecule is CCOc1ccccc1N(CCCC(=O)N(Cc1ccccc1C)[C@@H](Cc1ccccc1)C(=O)NC1CCCCC1)S(C)(=O)=O. The topological polar surface area (TPSA) is 96.0 Å². The second kappa shape index (κ2) is 16.5. The van der Waals surface area contributed by atoms with E-state index in [1.165, 1.54) is 10.7 Å². The number of hydrogen-bond donors (Lipinski definition) is 1. The second-order valence-corrected chi connectivity index (χ2v) is 13.7. The lowest BCUT2D eigenvalue weighted by Crippen LogP contribution is -2.53. The van der Waals surface area contributed by atoms with Gasteiger partial charge in [0.25, 0.3) is 0 Å². The van der Waals surface area contributed by atoms with Gasteiger partial charge in [0.15, 0.2) is 0 Å². The Morgan fingerprint density at radius 2 is 1.60 bits per heavy atom. The first kappa shape index (κ1) is 34.0. The smallest absolute Gasteiger partial charge is 0.243 e. The van der Waals surface area contributed by atoms with Crippen LogP contribution in [0.25, 0.3) is 0 Å². The summed E-state index contributed by atoms with van der Waals surface area (Å²) in [5.74, 6) is 0.140. The number of para-hydroxylation sites is 2. The highest BCUT2D eigenvalue weighted by molar-refractivity contribution is 7.92. The molecule has 0 aromatic heterocycles. The van der Waals surface area contributed by atoms with Crippen molar-refractivity contribution in [3.63, 3.8) is 0 Å². The van der Waals surface area contributed by atoms with Crippen LogP contribution in [-0.4, -0.2) is 56.6 Å². The molecule has 1 saturated carbocycles. The molecular weight excluding hydrogens is 586 g/mol. The van der Waals surface area contributed by atoms with Crippen molar-refractivity contribution < 1.29 is 22.7 Å². The van der Waals surface area contributed by atoms with E-state index in [0.29, 0.717) is 24.5 Å². The lowest BCUT2D eigenvalue weighted by molar-refractivity contribution is -0.141. The molecule has 1 fully saturated rings. The van der Waals surface area contributed by atoms with E-state index < -0.39 is 16.1 Å². The number of aryl methyl sites for hydroxylation is 1. The van der Waals surface area contributed by atoms with E-state index in [-0.39, 0.29) is 43.8 Å². The number of ether oxygens (including phenoxy) is 1. The van der Waals surface area contributed by atoms with Crippen molar-refractivity contribution in [3.8, 4) is 5.75 Å². The molecule has 4 rings (SSSR count). The van der Waals surface area contributed by atoms with Gasteiger partial charge in [-0.1, -0.05) is 86.0 Å². The number of benzene rings is 3. The number of sulfonamides is 1. The summed E-state index contributed by atoms with van der Waals surface area (Å²) in [6.07, 6.45) is 7.14. The molecule has 3 aromatic rings. The first-order chi connectivity index (χ1) is 21.7. The average Bonchev–Trinajstić information content (AvgIpc) is 3.03. The van der Waals surface area contributed by atoms with Crippen LogP contribution in [-0.2, 0) is 32.6 Å². The van der Waals surface area contributed by atoms with Crippen LogP contribution in [0.3, 0.4) is 0 Å². The molecule has 242 valence electrons. The highest BCUT2D eigenvalue weighted by Crippen LogP contribution is 2.30. The molecular formula is C36H47N3O5S. The molecule has 0 saturated heterocycles. The fourth-order valence-electron chi connectivity index (χ4n) is 5.99. The Kier molecular flexibility index (Phi) is 12.4. The molecule has 1 atom stereocenters. The third-order valence-corrected chi connectivity index (χ3v) is 9.59. The summed E-state index contributed by atoms with van der Waals surface area (Å²) >= 11 is 0. The molecule has 2 amide bonds. The summed E-state index contributed by atoms with van der Waals surface area (Å²) in [6.45, 7) is 4.63. The van der Waals surface area contributed by atoms with Gasteiger partial charge in [-0.3, -0.25) is 13.9 Å². The van der Waals surface area contributed by atoms with Crippen LogP contribution in [0, 0.1) is 6.92 Å². The van der Waals surface area contributed by atoms with Crippen molar-refractivity contribution in [1.82, 2.24) is 10.2 Å². The molecule has 8 nitrogen and oxygen atoms in total. The van der Waals surface area contributed by atoms with E-state index in [1.807, 2.05) is 68.4 Å². The Morgan fingerprint density at radius 1 is 0.933 bits per heavy atom. The van der Waals surface area contributed by atoms with E-state index in [0.717, 1.165) is 48.6 Å². The third-order valence-electron chi connectivity index (χ3n) is 8.41. The Bertz CT molecular complexity index is 1510. The number of amides is 2. The van der Waals surface area contributed by atoms with Gasteiger partial charge in [0.1, 0.15) is 11.8 Å². The number of hydrogen-bond acceptors (Lipinski definition) is 5. The summed E-state index contributed by atoms with van der Waals surface area (Å²) in [6, 6.07) is 24.1. The highest BCUT2D eigenvalue weighted by Gasteiger charge is 2.32. The van der Waals surface area contributed by atoms with Crippen molar-refractivity contribution in [2.45, 2.75) is 83.8 Å². The van der Waals surface area contributed by atoms with Crippen LogP contribution in [0.4, 0.5) is 5.69 Å². The van der Waals surface area contributed by atoms with Crippen molar-refractivity contribution in [2.24, 2.45) is 0 Å². The van der Waals surface area contributed by atoms with Crippen LogP contribution in [0.2, 0.25) is 0 Å². The molecule has 3 aromatic carbocycles. The fraction of sp³-hybridized carbons (Fsp3) is 0.444. The molecule has 1 N–H and O–H groups in total. The summed E-state index contributed by atoms with van der Waals surface area (Å²) in [7, 11) is -3.65. The quantitative estimate of drug-likeness (QED) is 0.221. The first-order valence-electron chi connectivity index (χ1n) is 16.0. The lowest BCUT2D eigenvalue weighted by atomic mass is 9.94. The molecule has 0 bridgehead atoms. The van der Waals surface area contributed by atoms with Crippen LogP contribution in [0.1, 0.15) is 68.6 Å². The Morgan fingerprint density at radius 3 is 2.29 bits per heavy atom. The summed E-state index contributed by atoms with van der Waals surface area (Å²) in [4.78, 5) is 29.9. The standard InChI is InChI=1S/C36H47N3O5S/c1-4-44-34-23-14-13-22-32(34)39(45(3,42)43)25-15-24-35(40)38(27-30-19-12-11-16-28(30)2)33(26-29-17-7-5-8-18-29)36(41)37-31-20-9-6-10-21-31/h5,7-8,11-14,16-19,22-23,31,33H,4,6,9-10,15,20-21,24-27H2,1-3H3,(H,37,41)/t33-/m0/s1. The molecule has 45 heavy (non-hydrogen) atoms. The molecule has 1 aliphatic rings. The molecule has 1 aliphatic carbocycles. The second-order valence-electron chi connectivity index (χ2n) is 11.8. The summed E-state index contributed by atoms with van der Waals surface area (Å²) in [5, 5.41) is 3.27. The lowest BCUT2D eigenvalue weighted by Gasteiger charge is -2.34. The monoisotopic (exact) mass is 633 g/mol. The first-order valence-corrected chi connectivity index (χ1v) is 17.9. The molecule has 0 unspecified atom stereocenters. The van der Waals surface area contributed by atoms with Crippen LogP contribution >= 0.6 is 0 Å². The highest BCUT2D eigenvalue weighted by atomic mass is 32.2. The Balaban J connectivity index is 1.60. The van der Waals surface area contributed by atoms with Crippen molar-refractivity contribution in [2.75, 3.05) is 23.7 Å². The number of carbonyl (C=O) groups excluding carboxylic acids is 2. The Labute approximate surface area is 268 Å². The van der Waals surface area contributed by atoms with Gasteiger partial charge in [-0.15, -0.1) is 0 Å².